The van der Waals surface area contributed by atoms with Crippen molar-refractivity contribution in [1.82, 2.24) is 4.90 Å². The Hall–Kier alpha value is -0.400. The van der Waals surface area contributed by atoms with Crippen LogP contribution in [0.4, 0.5) is 4.79 Å². The minimum atomic E-state index is -0.851. The van der Waals surface area contributed by atoms with E-state index in [4.69, 9.17) is 11.6 Å². The second-order valence-corrected chi connectivity index (χ2v) is 6.14. The summed E-state index contributed by atoms with van der Waals surface area (Å²) in [6, 6.07) is 0. The normalized spacial score (nSPS) is 11.6. The molecule has 0 unspecified atom stereocenters. The van der Waals surface area contributed by atoms with Crippen LogP contribution in [0.3, 0.4) is 0 Å². The Labute approximate surface area is 114 Å². The summed E-state index contributed by atoms with van der Waals surface area (Å²) < 4.78 is -0.269. The Kier molecular flexibility index (Phi) is 7.65. The van der Waals surface area contributed by atoms with Crippen LogP contribution >= 0.6 is 35.1 Å². The fourth-order valence-electron chi connectivity index (χ4n) is 0.609. The van der Waals surface area contributed by atoms with Crippen molar-refractivity contribution in [2.45, 2.75) is 11.0 Å². The Morgan fingerprint density at radius 3 is 2.41 bits per heavy atom. The quantitative estimate of drug-likeness (QED) is 0.256. The Bertz CT molecular complexity index is 309. The molecule has 0 spiro atoms. The van der Waals surface area contributed by atoms with Crippen LogP contribution in [-0.4, -0.2) is 52.6 Å². The standard InChI is InChI=1S/C9H15ClN2O3S2/c1-9(16-3,17-4)6-11-15-8(14)12(2)7(13)5-10/h6H,5H2,1-4H3. The molecule has 0 saturated carbocycles. The van der Waals surface area contributed by atoms with Gasteiger partial charge in [0.05, 0.1) is 10.3 Å². The van der Waals surface area contributed by atoms with Crippen molar-refractivity contribution in [2.75, 3.05) is 25.4 Å². The molecule has 0 N–H and O–H groups in total. The fourth-order valence-corrected chi connectivity index (χ4v) is 1.75. The van der Waals surface area contributed by atoms with Gasteiger partial charge in [-0.1, -0.05) is 5.16 Å². The molecule has 98 valence electrons. The summed E-state index contributed by atoms with van der Waals surface area (Å²) in [7, 11) is 1.28. The summed E-state index contributed by atoms with van der Waals surface area (Å²) in [4.78, 5) is 27.7. The number of alkyl halides is 1. The predicted octanol–water partition coefficient (Wildman–Crippen LogP) is 2.25. The van der Waals surface area contributed by atoms with Gasteiger partial charge in [-0.3, -0.25) is 9.63 Å². The van der Waals surface area contributed by atoms with Crippen LogP contribution in [0.5, 0.6) is 0 Å². The maximum atomic E-state index is 11.3. The minimum Gasteiger partial charge on any atom is -0.298 e. The molecule has 0 radical (unpaired) electrons. The highest BCUT2D eigenvalue weighted by Gasteiger charge is 2.20. The van der Waals surface area contributed by atoms with Gasteiger partial charge in [-0.2, -0.15) is 0 Å². The van der Waals surface area contributed by atoms with E-state index in [1.807, 2.05) is 19.4 Å². The number of carbonyl (C=O) groups is 2. The molecule has 5 nitrogen and oxygen atoms in total. The first-order valence-electron chi connectivity index (χ1n) is 4.58. The monoisotopic (exact) mass is 298 g/mol. The van der Waals surface area contributed by atoms with Gasteiger partial charge in [0.2, 0.25) is 5.91 Å². The number of oxime groups is 1. The van der Waals surface area contributed by atoms with E-state index in [0.29, 0.717) is 0 Å². The molecule has 0 aliphatic rings. The molecule has 0 aromatic carbocycles. The van der Waals surface area contributed by atoms with E-state index >= 15 is 0 Å². The molecule has 0 aliphatic carbocycles. The van der Waals surface area contributed by atoms with Gasteiger partial charge in [0.25, 0.3) is 0 Å². The molecular formula is C9H15ClN2O3S2. The number of hydrogen-bond donors (Lipinski definition) is 0. The van der Waals surface area contributed by atoms with Gasteiger partial charge >= 0.3 is 6.09 Å². The van der Waals surface area contributed by atoms with Crippen molar-refractivity contribution in [2.24, 2.45) is 5.16 Å². The molecule has 0 heterocycles. The third-order valence-electron chi connectivity index (χ3n) is 1.99. The highest BCUT2D eigenvalue weighted by Crippen LogP contribution is 2.30. The van der Waals surface area contributed by atoms with E-state index in [1.54, 1.807) is 23.5 Å². The van der Waals surface area contributed by atoms with Crippen molar-refractivity contribution >= 4 is 53.3 Å². The maximum Gasteiger partial charge on any atom is 0.442 e. The van der Waals surface area contributed by atoms with Gasteiger partial charge in [0.15, 0.2) is 0 Å². The van der Waals surface area contributed by atoms with Crippen LogP contribution in [0.1, 0.15) is 6.92 Å². The first kappa shape index (κ1) is 16.6. The molecular weight excluding hydrogens is 284 g/mol. The fraction of sp³-hybridized carbons (Fsp3) is 0.667. The van der Waals surface area contributed by atoms with Crippen LogP contribution in [0.2, 0.25) is 0 Å². The molecule has 0 saturated heterocycles. The Morgan fingerprint density at radius 2 is 2.00 bits per heavy atom. The van der Waals surface area contributed by atoms with Gasteiger partial charge in [-0.05, 0) is 19.4 Å². The Balaban J connectivity index is 4.33. The summed E-state index contributed by atoms with van der Waals surface area (Å²) in [5, 5.41) is 3.57. The zero-order valence-corrected chi connectivity index (χ0v) is 12.5. The summed E-state index contributed by atoms with van der Waals surface area (Å²) in [6.45, 7) is 1.94. The second-order valence-electron chi connectivity index (χ2n) is 3.10. The molecule has 0 rings (SSSR count). The molecule has 0 bridgehead atoms. The van der Waals surface area contributed by atoms with Crippen LogP contribution < -0.4 is 0 Å². The van der Waals surface area contributed by atoms with Crippen LogP contribution in [0, 0.1) is 0 Å². The number of nitrogens with zero attached hydrogens (tertiary/aromatic N) is 2. The number of halogens is 1. The predicted molar refractivity (Wildman–Crippen MR) is 73.9 cm³/mol. The molecule has 8 heteroatoms. The topological polar surface area (TPSA) is 59.0 Å². The van der Waals surface area contributed by atoms with E-state index in [1.165, 1.54) is 13.3 Å². The van der Waals surface area contributed by atoms with Crippen LogP contribution in [-0.2, 0) is 9.63 Å². The molecule has 0 fully saturated rings. The third-order valence-corrected chi connectivity index (χ3v) is 5.05. The molecule has 0 aliphatic heterocycles. The third kappa shape index (κ3) is 5.65. The van der Waals surface area contributed by atoms with E-state index < -0.39 is 12.0 Å². The first-order chi connectivity index (χ1) is 7.90. The lowest BCUT2D eigenvalue weighted by Gasteiger charge is -2.18. The van der Waals surface area contributed by atoms with Crippen LogP contribution in [0.25, 0.3) is 0 Å². The average Bonchev–Trinajstić information content (AvgIpc) is 2.36. The lowest BCUT2D eigenvalue weighted by atomic mass is 10.5. The molecule has 0 aromatic heterocycles. The second kappa shape index (κ2) is 7.84. The molecule has 0 aromatic rings. The smallest absolute Gasteiger partial charge is 0.298 e. The van der Waals surface area contributed by atoms with Crippen molar-refractivity contribution in [1.29, 1.82) is 0 Å². The number of amides is 2. The Morgan fingerprint density at radius 1 is 1.47 bits per heavy atom. The zero-order valence-electron chi connectivity index (χ0n) is 10.1. The summed E-state index contributed by atoms with van der Waals surface area (Å²) >= 11 is 8.43. The van der Waals surface area contributed by atoms with E-state index in [2.05, 4.69) is 9.99 Å². The largest absolute Gasteiger partial charge is 0.442 e. The summed E-state index contributed by atoms with van der Waals surface area (Å²) in [5.41, 5.74) is 0. The highest BCUT2D eigenvalue weighted by molar-refractivity contribution is 8.18. The maximum absolute atomic E-state index is 11.3. The minimum absolute atomic E-state index is 0.269. The van der Waals surface area contributed by atoms with Crippen molar-refractivity contribution < 1.29 is 14.4 Å². The number of imide groups is 1. The van der Waals surface area contributed by atoms with Gasteiger partial charge in [-0.25, -0.2) is 9.69 Å². The summed E-state index contributed by atoms with van der Waals surface area (Å²) in [6.07, 6.45) is 4.51. The van der Waals surface area contributed by atoms with Gasteiger partial charge in [0, 0.05) is 7.05 Å². The SMILES string of the molecule is CSC(C)(C=NOC(=O)N(C)C(=O)CCl)SC. The van der Waals surface area contributed by atoms with E-state index in [9.17, 15) is 9.59 Å². The summed E-state index contributed by atoms with van der Waals surface area (Å²) in [5.74, 6) is -0.813. The molecule has 2 amide bonds. The number of hydrogen-bond acceptors (Lipinski definition) is 6. The lowest BCUT2D eigenvalue weighted by molar-refractivity contribution is -0.125. The lowest BCUT2D eigenvalue weighted by Crippen LogP contribution is -2.33. The number of rotatable bonds is 5. The van der Waals surface area contributed by atoms with E-state index in [-0.39, 0.29) is 9.96 Å². The zero-order chi connectivity index (χ0) is 13.5. The first-order valence-corrected chi connectivity index (χ1v) is 7.57. The van der Waals surface area contributed by atoms with Crippen molar-refractivity contribution in [3.8, 4) is 0 Å². The molecule has 17 heavy (non-hydrogen) atoms. The van der Waals surface area contributed by atoms with Crippen molar-refractivity contribution in [3.63, 3.8) is 0 Å². The molecule has 0 atom stereocenters. The van der Waals surface area contributed by atoms with E-state index in [0.717, 1.165) is 4.90 Å². The number of thioether (sulfide) groups is 2. The number of carbonyl (C=O) groups excluding carboxylic acids is 2. The van der Waals surface area contributed by atoms with Gasteiger partial charge < -0.3 is 0 Å². The van der Waals surface area contributed by atoms with Gasteiger partial charge in [-0.15, -0.1) is 35.1 Å². The average molecular weight is 299 g/mol. The highest BCUT2D eigenvalue weighted by atomic mass is 35.5. The van der Waals surface area contributed by atoms with Crippen molar-refractivity contribution in [3.05, 3.63) is 0 Å². The van der Waals surface area contributed by atoms with Gasteiger partial charge in [0.1, 0.15) is 5.88 Å². The van der Waals surface area contributed by atoms with Crippen LogP contribution in [0.15, 0.2) is 5.16 Å².